The fraction of sp³-hybridized carbons (Fsp3) is 0.0435. The summed E-state index contributed by atoms with van der Waals surface area (Å²) in [4.78, 5) is 12.2. The van der Waals surface area contributed by atoms with E-state index in [4.69, 9.17) is 0 Å². The molecule has 128 valence electrons. The normalized spacial score (nSPS) is 11.5. The molecule has 0 aromatic heterocycles. The smallest absolute Gasteiger partial charge is 0.267 e. The molecule has 0 aliphatic heterocycles. The number of benzene rings is 3. The maximum absolute atomic E-state index is 12.2. The van der Waals surface area contributed by atoms with E-state index in [1.807, 2.05) is 104 Å². The molecule has 26 heavy (non-hydrogen) atoms. The van der Waals surface area contributed by atoms with Gasteiger partial charge in [-0.25, -0.2) is 5.43 Å². The van der Waals surface area contributed by atoms with Crippen LogP contribution in [0.15, 0.2) is 96.1 Å². The molecule has 0 fully saturated rings. The number of allylic oxidation sites excluding steroid dienone is 1. The predicted molar refractivity (Wildman–Crippen MR) is 108 cm³/mol. The Hall–Kier alpha value is -3.46. The lowest BCUT2D eigenvalue weighted by atomic mass is 10.0. The lowest BCUT2D eigenvalue weighted by Crippen LogP contribution is -2.18. The standard InChI is InChI=1S/C23H20N2O/c1-18(12-13-19-8-4-2-5-9-19)24-25-23(26)22-16-14-21(15-17-22)20-10-6-3-7-11-20/h2-17H,1H3,(H,25,26)/b13-12+,24-18-. The molecule has 0 unspecified atom stereocenters. The molecule has 0 aliphatic carbocycles. The van der Waals surface area contributed by atoms with Crippen molar-refractivity contribution in [3.8, 4) is 11.1 Å². The number of amides is 1. The highest BCUT2D eigenvalue weighted by Crippen LogP contribution is 2.19. The van der Waals surface area contributed by atoms with Gasteiger partial charge >= 0.3 is 0 Å². The largest absolute Gasteiger partial charge is 0.271 e. The fourth-order valence-electron chi connectivity index (χ4n) is 2.47. The number of hydrogen-bond donors (Lipinski definition) is 1. The van der Waals surface area contributed by atoms with Crippen LogP contribution in [0.2, 0.25) is 0 Å². The molecule has 0 saturated carbocycles. The van der Waals surface area contributed by atoms with E-state index in [2.05, 4.69) is 10.5 Å². The molecule has 3 aromatic carbocycles. The van der Waals surface area contributed by atoms with Gasteiger partial charge in [0.2, 0.25) is 0 Å². The first-order valence-electron chi connectivity index (χ1n) is 8.45. The Bertz CT molecular complexity index is 911. The van der Waals surface area contributed by atoms with Gasteiger partial charge in [0, 0.05) is 5.56 Å². The van der Waals surface area contributed by atoms with E-state index in [0.717, 1.165) is 22.4 Å². The van der Waals surface area contributed by atoms with Gasteiger partial charge in [-0.15, -0.1) is 0 Å². The number of hydrogen-bond acceptors (Lipinski definition) is 2. The lowest BCUT2D eigenvalue weighted by molar-refractivity contribution is 0.0955. The van der Waals surface area contributed by atoms with Crippen molar-refractivity contribution in [2.45, 2.75) is 6.92 Å². The third-order valence-corrected chi connectivity index (χ3v) is 3.90. The maximum atomic E-state index is 12.2. The van der Waals surface area contributed by atoms with Crippen LogP contribution in [-0.4, -0.2) is 11.6 Å². The number of rotatable bonds is 5. The Labute approximate surface area is 153 Å². The topological polar surface area (TPSA) is 41.5 Å². The van der Waals surface area contributed by atoms with Crippen molar-refractivity contribution in [2.24, 2.45) is 5.10 Å². The van der Waals surface area contributed by atoms with Gasteiger partial charge in [0.1, 0.15) is 0 Å². The molecule has 0 atom stereocenters. The minimum atomic E-state index is -0.225. The first-order chi connectivity index (χ1) is 12.7. The van der Waals surface area contributed by atoms with Crippen LogP contribution in [0.25, 0.3) is 17.2 Å². The quantitative estimate of drug-likeness (QED) is 0.505. The molecule has 0 radical (unpaired) electrons. The molecule has 0 saturated heterocycles. The van der Waals surface area contributed by atoms with Crippen LogP contribution in [0.3, 0.4) is 0 Å². The Morgan fingerprint density at radius 1 is 0.808 bits per heavy atom. The van der Waals surface area contributed by atoms with Crippen molar-refractivity contribution in [1.29, 1.82) is 0 Å². The van der Waals surface area contributed by atoms with Crippen LogP contribution in [0.5, 0.6) is 0 Å². The molecule has 3 heteroatoms. The molecule has 1 N–H and O–H groups in total. The zero-order valence-corrected chi connectivity index (χ0v) is 14.6. The molecule has 0 heterocycles. The van der Waals surface area contributed by atoms with Gasteiger partial charge in [0.05, 0.1) is 5.71 Å². The van der Waals surface area contributed by atoms with Crippen molar-refractivity contribution < 1.29 is 4.79 Å². The summed E-state index contributed by atoms with van der Waals surface area (Å²) in [6, 6.07) is 27.5. The summed E-state index contributed by atoms with van der Waals surface area (Å²) in [7, 11) is 0. The van der Waals surface area contributed by atoms with Gasteiger partial charge in [0.25, 0.3) is 5.91 Å². The van der Waals surface area contributed by atoms with Crippen molar-refractivity contribution >= 4 is 17.7 Å². The minimum Gasteiger partial charge on any atom is -0.267 e. The van der Waals surface area contributed by atoms with Crippen LogP contribution in [-0.2, 0) is 0 Å². The highest BCUT2D eigenvalue weighted by atomic mass is 16.2. The molecular weight excluding hydrogens is 320 g/mol. The average molecular weight is 340 g/mol. The first-order valence-corrected chi connectivity index (χ1v) is 8.45. The maximum Gasteiger partial charge on any atom is 0.271 e. The van der Waals surface area contributed by atoms with Gasteiger partial charge in [-0.2, -0.15) is 5.10 Å². The predicted octanol–water partition coefficient (Wildman–Crippen LogP) is 5.17. The monoisotopic (exact) mass is 340 g/mol. The fourth-order valence-corrected chi connectivity index (χ4v) is 2.47. The average Bonchev–Trinajstić information content (AvgIpc) is 2.72. The Morgan fingerprint density at radius 2 is 1.38 bits per heavy atom. The second-order valence-electron chi connectivity index (χ2n) is 5.88. The van der Waals surface area contributed by atoms with E-state index in [-0.39, 0.29) is 5.91 Å². The second-order valence-corrected chi connectivity index (χ2v) is 5.88. The number of hydrazone groups is 1. The molecule has 3 aromatic rings. The van der Waals surface area contributed by atoms with E-state index in [1.165, 1.54) is 0 Å². The summed E-state index contributed by atoms with van der Waals surface area (Å²) >= 11 is 0. The van der Waals surface area contributed by atoms with Crippen molar-refractivity contribution in [2.75, 3.05) is 0 Å². The summed E-state index contributed by atoms with van der Waals surface area (Å²) < 4.78 is 0. The summed E-state index contributed by atoms with van der Waals surface area (Å²) in [5.74, 6) is -0.225. The van der Waals surface area contributed by atoms with E-state index in [1.54, 1.807) is 0 Å². The molecule has 0 bridgehead atoms. The minimum absolute atomic E-state index is 0.225. The van der Waals surface area contributed by atoms with E-state index < -0.39 is 0 Å². The number of nitrogens with zero attached hydrogens (tertiary/aromatic N) is 1. The molecule has 3 nitrogen and oxygen atoms in total. The van der Waals surface area contributed by atoms with Gasteiger partial charge in [-0.05, 0) is 41.8 Å². The zero-order chi connectivity index (χ0) is 18.2. The summed E-state index contributed by atoms with van der Waals surface area (Å²) in [6.45, 7) is 1.85. The van der Waals surface area contributed by atoms with Crippen molar-refractivity contribution in [3.05, 3.63) is 102 Å². The van der Waals surface area contributed by atoms with Crippen molar-refractivity contribution in [3.63, 3.8) is 0 Å². The summed E-state index contributed by atoms with van der Waals surface area (Å²) in [5.41, 5.74) is 7.18. The summed E-state index contributed by atoms with van der Waals surface area (Å²) in [5, 5.41) is 4.13. The Morgan fingerprint density at radius 3 is 2.04 bits per heavy atom. The first kappa shape index (κ1) is 17.4. The number of carbonyl (C=O) groups is 1. The van der Waals surface area contributed by atoms with Gasteiger partial charge in [0.15, 0.2) is 0 Å². The second kappa shape index (κ2) is 8.58. The van der Waals surface area contributed by atoms with Gasteiger partial charge in [-0.3, -0.25) is 4.79 Å². The van der Waals surface area contributed by atoms with Crippen LogP contribution in [0, 0.1) is 0 Å². The highest BCUT2D eigenvalue weighted by Gasteiger charge is 2.05. The van der Waals surface area contributed by atoms with E-state index >= 15 is 0 Å². The molecule has 1 amide bonds. The van der Waals surface area contributed by atoms with Crippen LogP contribution >= 0.6 is 0 Å². The van der Waals surface area contributed by atoms with Gasteiger partial charge < -0.3 is 0 Å². The van der Waals surface area contributed by atoms with Crippen LogP contribution in [0.1, 0.15) is 22.8 Å². The summed E-state index contributed by atoms with van der Waals surface area (Å²) in [6.07, 6.45) is 3.83. The zero-order valence-electron chi connectivity index (χ0n) is 14.6. The van der Waals surface area contributed by atoms with Crippen molar-refractivity contribution in [1.82, 2.24) is 5.43 Å². The third kappa shape index (κ3) is 4.77. The van der Waals surface area contributed by atoms with Crippen LogP contribution < -0.4 is 5.43 Å². The lowest BCUT2D eigenvalue weighted by Gasteiger charge is -2.04. The number of nitrogens with one attached hydrogen (secondary N) is 1. The van der Waals surface area contributed by atoms with Crippen LogP contribution in [0.4, 0.5) is 0 Å². The Kier molecular flexibility index (Phi) is 5.73. The molecule has 3 rings (SSSR count). The Balaban J connectivity index is 1.62. The number of carbonyl (C=O) groups excluding carboxylic acids is 1. The third-order valence-electron chi connectivity index (χ3n) is 3.90. The highest BCUT2D eigenvalue weighted by molar-refractivity contribution is 5.99. The molecular formula is C23H20N2O. The van der Waals surface area contributed by atoms with E-state index in [0.29, 0.717) is 5.56 Å². The molecule has 0 aliphatic rings. The molecule has 0 spiro atoms. The van der Waals surface area contributed by atoms with E-state index in [9.17, 15) is 4.79 Å². The van der Waals surface area contributed by atoms with Gasteiger partial charge in [-0.1, -0.05) is 78.9 Å². The SMILES string of the molecule is CC(/C=C/c1ccccc1)=N/NC(=O)c1ccc(-c2ccccc2)cc1.